The molecule has 1 aliphatic heterocycles. The van der Waals surface area contributed by atoms with Gasteiger partial charge in [-0.2, -0.15) is 24.5 Å². The van der Waals surface area contributed by atoms with Crippen molar-refractivity contribution >= 4 is 23.2 Å². The van der Waals surface area contributed by atoms with Gasteiger partial charge in [0.25, 0.3) is 0 Å². The van der Waals surface area contributed by atoms with Crippen LogP contribution in [0.3, 0.4) is 0 Å². The van der Waals surface area contributed by atoms with Gasteiger partial charge in [0.2, 0.25) is 11.8 Å². The van der Waals surface area contributed by atoms with Crippen LogP contribution in [-0.4, -0.2) is 23.3 Å². The maximum Gasteiger partial charge on any atom is 0.416 e. The number of rotatable bonds is 5. The first kappa shape index (κ1) is 24.8. The Labute approximate surface area is 216 Å². The van der Waals surface area contributed by atoms with Gasteiger partial charge in [-0.05, 0) is 74.3 Å². The molecule has 0 saturated heterocycles. The molecule has 1 aromatic heterocycles. The second-order valence-electron chi connectivity index (χ2n) is 9.02. The number of thiophene rings is 1. The van der Waals surface area contributed by atoms with Gasteiger partial charge in [-0.15, -0.1) is 0 Å². The van der Waals surface area contributed by atoms with E-state index in [1.54, 1.807) is 29.5 Å². The van der Waals surface area contributed by atoms with Crippen molar-refractivity contribution in [1.82, 2.24) is 4.90 Å². The van der Waals surface area contributed by atoms with Crippen LogP contribution in [0.4, 0.5) is 13.2 Å². The molecule has 4 aromatic rings. The molecular weight excluding hydrogens is 497 g/mol. The lowest BCUT2D eigenvalue weighted by molar-refractivity contribution is -0.137. The van der Waals surface area contributed by atoms with Crippen LogP contribution in [0.5, 0.6) is 0 Å². The summed E-state index contributed by atoms with van der Waals surface area (Å²) in [7, 11) is 0. The Morgan fingerprint density at radius 1 is 0.919 bits per heavy atom. The molecule has 0 aliphatic carbocycles. The van der Waals surface area contributed by atoms with Gasteiger partial charge in [-0.3, -0.25) is 9.59 Å². The minimum absolute atomic E-state index is 0.0911. The number of primary amides is 1. The van der Waals surface area contributed by atoms with Crippen LogP contribution < -0.4 is 5.73 Å². The van der Waals surface area contributed by atoms with Crippen molar-refractivity contribution < 1.29 is 22.8 Å². The van der Waals surface area contributed by atoms with E-state index in [0.717, 1.165) is 34.4 Å². The molecule has 4 nitrogen and oxygen atoms in total. The third-order valence-electron chi connectivity index (χ3n) is 6.65. The zero-order chi connectivity index (χ0) is 26.2. The summed E-state index contributed by atoms with van der Waals surface area (Å²) in [4.78, 5) is 27.2. The number of amides is 2. The lowest BCUT2D eigenvalue weighted by Gasteiger charge is -2.29. The van der Waals surface area contributed by atoms with E-state index >= 15 is 0 Å². The fourth-order valence-electron chi connectivity index (χ4n) is 4.75. The number of hydrogen-bond donors (Lipinski definition) is 1. The van der Waals surface area contributed by atoms with Gasteiger partial charge in [0.05, 0.1) is 17.5 Å². The third-order valence-corrected chi connectivity index (χ3v) is 7.38. The van der Waals surface area contributed by atoms with Crippen LogP contribution in [0.25, 0.3) is 22.3 Å². The van der Waals surface area contributed by atoms with Crippen LogP contribution in [0.1, 0.15) is 32.6 Å². The number of nitrogens with zero attached hydrogens (tertiary/aromatic N) is 1. The number of fused-ring (bicyclic) bond motifs is 1. The van der Waals surface area contributed by atoms with E-state index in [9.17, 15) is 22.8 Å². The molecular formula is C29H23F3N2O2S. The SMILES string of the molecule is NC(=O)c1c(-c2ccc(C(F)(F)F)cc2)cccc1-c1ccc2c(c1)CCN(C(=O)Cc1ccsc1)C2. The number of carbonyl (C=O) groups excluding carboxylic acids is 2. The molecule has 0 atom stereocenters. The highest BCUT2D eigenvalue weighted by molar-refractivity contribution is 7.08. The number of carbonyl (C=O) groups is 2. The molecule has 2 N–H and O–H groups in total. The highest BCUT2D eigenvalue weighted by Crippen LogP contribution is 2.36. The molecule has 0 unspecified atom stereocenters. The van der Waals surface area contributed by atoms with Crippen LogP contribution in [-0.2, 0) is 30.4 Å². The maximum absolute atomic E-state index is 13.0. The van der Waals surface area contributed by atoms with Crippen molar-refractivity contribution in [2.24, 2.45) is 5.73 Å². The van der Waals surface area contributed by atoms with E-state index in [1.165, 1.54) is 12.1 Å². The van der Waals surface area contributed by atoms with Crippen LogP contribution in [0.2, 0.25) is 0 Å². The van der Waals surface area contributed by atoms with Gasteiger partial charge in [-0.1, -0.05) is 48.5 Å². The van der Waals surface area contributed by atoms with Gasteiger partial charge in [0.1, 0.15) is 0 Å². The topological polar surface area (TPSA) is 63.4 Å². The third kappa shape index (κ3) is 5.15. The lowest BCUT2D eigenvalue weighted by Crippen LogP contribution is -2.36. The summed E-state index contributed by atoms with van der Waals surface area (Å²) in [5.41, 5.74) is 10.8. The number of benzene rings is 3. The summed E-state index contributed by atoms with van der Waals surface area (Å²) in [6, 6.07) is 17.8. The fourth-order valence-corrected chi connectivity index (χ4v) is 5.42. The highest BCUT2D eigenvalue weighted by atomic mass is 32.1. The van der Waals surface area contributed by atoms with Crippen LogP contribution in [0.15, 0.2) is 77.5 Å². The minimum Gasteiger partial charge on any atom is -0.366 e. The molecule has 0 radical (unpaired) electrons. The van der Waals surface area contributed by atoms with Crippen LogP contribution >= 0.6 is 11.3 Å². The summed E-state index contributed by atoms with van der Waals surface area (Å²) < 4.78 is 39.0. The van der Waals surface area contributed by atoms with Crippen molar-refractivity contribution in [3.8, 4) is 22.3 Å². The highest BCUT2D eigenvalue weighted by Gasteiger charge is 2.30. The van der Waals surface area contributed by atoms with Crippen molar-refractivity contribution in [2.75, 3.05) is 6.54 Å². The van der Waals surface area contributed by atoms with Gasteiger partial charge in [-0.25, -0.2) is 0 Å². The quantitative estimate of drug-likeness (QED) is 0.334. The Bertz CT molecular complexity index is 1460. The number of alkyl halides is 3. The van der Waals surface area contributed by atoms with E-state index in [-0.39, 0.29) is 11.5 Å². The summed E-state index contributed by atoms with van der Waals surface area (Å²) >= 11 is 1.57. The molecule has 0 spiro atoms. The van der Waals surface area contributed by atoms with E-state index in [2.05, 4.69) is 0 Å². The molecule has 5 rings (SSSR count). The smallest absolute Gasteiger partial charge is 0.366 e. The first-order valence-corrected chi connectivity index (χ1v) is 12.7. The van der Waals surface area contributed by atoms with Gasteiger partial charge >= 0.3 is 6.18 Å². The Hall–Kier alpha value is -3.91. The molecule has 1 aliphatic rings. The Kier molecular flexibility index (Phi) is 6.60. The van der Waals surface area contributed by atoms with Gasteiger partial charge < -0.3 is 10.6 Å². The predicted octanol–water partition coefficient (Wildman–Crippen LogP) is 6.33. The zero-order valence-electron chi connectivity index (χ0n) is 19.7. The maximum atomic E-state index is 13.0. The van der Waals surface area contributed by atoms with Crippen molar-refractivity contribution in [3.63, 3.8) is 0 Å². The first-order valence-electron chi connectivity index (χ1n) is 11.7. The molecule has 0 bridgehead atoms. The summed E-state index contributed by atoms with van der Waals surface area (Å²) in [6.07, 6.45) is -3.38. The van der Waals surface area contributed by atoms with Crippen molar-refractivity contribution in [1.29, 1.82) is 0 Å². The fraction of sp³-hybridized carbons (Fsp3) is 0.172. The Balaban J connectivity index is 1.44. The zero-order valence-corrected chi connectivity index (χ0v) is 20.5. The monoisotopic (exact) mass is 520 g/mol. The van der Waals surface area contributed by atoms with Crippen molar-refractivity contribution in [2.45, 2.75) is 25.6 Å². The van der Waals surface area contributed by atoms with E-state index in [0.29, 0.717) is 42.6 Å². The molecule has 0 saturated carbocycles. The van der Waals surface area contributed by atoms with Gasteiger partial charge in [0.15, 0.2) is 0 Å². The average molecular weight is 521 g/mol. The molecule has 8 heteroatoms. The molecule has 2 amide bonds. The molecule has 0 fully saturated rings. The second kappa shape index (κ2) is 9.86. The Morgan fingerprint density at radius 2 is 1.62 bits per heavy atom. The van der Waals surface area contributed by atoms with E-state index in [1.807, 2.05) is 39.9 Å². The summed E-state index contributed by atoms with van der Waals surface area (Å²) in [5.74, 6) is -0.568. The van der Waals surface area contributed by atoms with E-state index < -0.39 is 17.6 Å². The lowest BCUT2D eigenvalue weighted by atomic mass is 9.88. The number of nitrogens with two attached hydrogens (primary N) is 1. The normalized spacial score (nSPS) is 13.3. The summed E-state index contributed by atoms with van der Waals surface area (Å²) in [6.45, 7) is 1.13. The van der Waals surface area contributed by atoms with Gasteiger partial charge in [0, 0.05) is 13.1 Å². The molecule has 188 valence electrons. The molecule has 37 heavy (non-hydrogen) atoms. The number of halogens is 3. The predicted molar refractivity (Wildman–Crippen MR) is 138 cm³/mol. The summed E-state index contributed by atoms with van der Waals surface area (Å²) in [5, 5.41) is 3.94. The standard InChI is InChI=1S/C29H23F3N2O2S/c30-29(31,32)23-8-6-19(7-9-23)24-2-1-3-25(27(24)28(33)36)21-4-5-22-16-34(12-10-20(22)15-21)26(35)14-18-11-13-37-17-18/h1-9,11,13,15,17H,10,12,14,16H2,(H2,33,36). The Morgan fingerprint density at radius 3 is 2.27 bits per heavy atom. The average Bonchev–Trinajstić information content (AvgIpc) is 3.40. The van der Waals surface area contributed by atoms with E-state index in [4.69, 9.17) is 5.73 Å². The van der Waals surface area contributed by atoms with Crippen LogP contribution in [0, 0.1) is 0 Å². The van der Waals surface area contributed by atoms with Crippen molar-refractivity contribution in [3.05, 3.63) is 105 Å². The second-order valence-corrected chi connectivity index (χ2v) is 9.80. The molecule has 3 aromatic carbocycles. The largest absolute Gasteiger partial charge is 0.416 e. The first-order chi connectivity index (χ1) is 17.7. The minimum atomic E-state index is -4.44. The molecule has 2 heterocycles. The number of hydrogen-bond acceptors (Lipinski definition) is 3.